The first-order valence-electron chi connectivity index (χ1n) is 11.2. The molecule has 158 valence electrons. The van der Waals surface area contributed by atoms with Crippen molar-refractivity contribution in [2.45, 2.75) is 104 Å². The van der Waals surface area contributed by atoms with Crippen molar-refractivity contribution in [3.05, 3.63) is 30.8 Å². The van der Waals surface area contributed by atoms with E-state index in [4.69, 9.17) is 0 Å². The van der Waals surface area contributed by atoms with Crippen molar-refractivity contribution in [3.8, 4) is 9.75 Å². The molecular formula is C24H36Br2S2. The van der Waals surface area contributed by atoms with E-state index in [-0.39, 0.29) is 0 Å². The minimum Gasteiger partial charge on any atom is -0.127 e. The van der Waals surface area contributed by atoms with Crippen molar-refractivity contribution < 1.29 is 0 Å². The maximum atomic E-state index is 3.82. The average Bonchev–Trinajstić information content (AvgIpc) is 3.24. The Morgan fingerprint density at radius 1 is 0.571 bits per heavy atom. The van der Waals surface area contributed by atoms with Gasteiger partial charge in [0.15, 0.2) is 0 Å². The van der Waals surface area contributed by atoms with Gasteiger partial charge in [0.2, 0.25) is 0 Å². The van der Waals surface area contributed by atoms with Gasteiger partial charge in [-0.1, -0.05) is 78.1 Å². The van der Waals surface area contributed by atoms with Gasteiger partial charge in [0.25, 0.3) is 0 Å². The van der Waals surface area contributed by atoms with Crippen LogP contribution in [-0.2, 0) is 12.8 Å². The molecule has 2 aromatic rings. The van der Waals surface area contributed by atoms with Gasteiger partial charge in [0.05, 0.1) is 7.57 Å². The second-order valence-corrected chi connectivity index (χ2v) is 12.6. The molecule has 2 heterocycles. The van der Waals surface area contributed by atoms with Gasteiger partial charge in [0, 0.05) is 9.75 Å². The SMILES string of the molecule is CCCCCCCCc1cc(-c2cc(CCCCCCCC)c(Br)s2)sc1Br. The lowest BCUT2D eigenvalue weighted by atomic mass is 10.1. The second kappa shape index (κ2) is 14.4. The Labute approximate surface area is 197 Å². The molecule has 0 aliphatic heterocycles. The highest BCUT2D eigenvalue weighted by Crippen LogP contribution is 2.42. The highest BCUT2D eigenvalue weighted by Gasteiger charge is 2.13. The molecule has 0 saturated carbocycles. The Hall–Kier alpha value is 0.360. The van der Waals surface area contributed by atoms with E-state index in [0.717, 1.165) is 0 Å². The summed E-state index contributed by atoms with van der Waals surface area (Å²) in [7, 11) is 0. The van der Waals surface area contributed by atoms with Gasteiger partial charge >= 0.3 is 0 Å². The molecule has 2 rings (SSSR count). The van der Waals surface area contributed by atoms with Crippen LogP contribution in [0.1, 0.15) is 102 Å². The highest BCUT2D eigenvalue weighted by molar-refractivity contribution is 9.11. The molecule has 0 saturated heterocycles. The van der Waals surface area contributed by atoms with E-state index in [1.165, 1.54) is 118 Å². The number of hydrogen-bond acceptors (Lipinski definition) is 2. The Morgan fingerprint density at radius 3 is 1.32 bits per heavy atom. The summed E-state index contributed by atoms with van der Waals surface area (Å²) in [5.41, 5.74) is 3.00. The van der Waals surface area contributed by atoms with E-state index in [9.17, 15) is 0 Å². The Balaban J connectivity index is 1.83. The van der Waals surface area contributed by atoms with Crippen LogP contribution in [0.3, 0.4) is 0 Å². The van der Waals surface area contributed by atoms with Crippen LogP contribution in [0.25, 0.3) is 9.75 Å². The fourth-order valence-corrected chi connectivity index (χ4v) is 7.20. The van der Waals surface area contributed by atoms with Crippen LogP contribution in [-0.4, -0.2) is 0 Å². The first-order valence-corrected chi connectivity index (χ1v) is 14.4. The van der Waals surface area contributed by atoms with Gasteiger partial charge in [-0.3, -0.25) is 0 Å². The third-order valence-corrected chi connectivity index (χ3v) is 9.47. The quantitative estimate of drug-likeness (QED) is 0.194. The second-order valence-electron chi connectivity index (χ2n) is 7.85. The molecule has 0 fully saturated rings. The van der Waals surface area contributed by atoms with Crippen LogP contribution in [0.4, 0.5) is 0 Å². The van der Waals surface area contributed by atoms with Gasteiger partial charge in [0.1, 0.15) is 0 Å². The van der Waals surface area contributed by atoms with Gasteiger partial charge < -0.3 is 0 Å². The average molecular weight is 548 g/mol. The summed E-state index contributed by atoms with van der Waals surface area (Å²) in [6, 6.07) is 4.85. The molecule has 0 atom stereocenters. The molecule has 0 radical (unpaired) electrons. The topological polar surface area (TPSA) is 0 Å². The molecule has 0 bridgehead atoms. The van der Waals surface area contributed by atoms with E-state index >= 15 is 0 Å². The predicted octanol–water partition coefficient (Wildman–Crippen LogP) is 10.8. The molecule has 0 aliphatic carbocycles. The molecule has 0 N–H and O–H groups in total. The van der Waals surface area contributed by atoms with Gasteiger partial charge in [-0.25, -0.2) is 0 Å². The molecule has 0 aliphatic rings. The van der Waals surface area contributed by atoms with Crippen molar-refractivity contribution in [1.29, 1.82) is 0 Å². The van der Waals surface area contributed by atoms with Crippen molar-refractivity contribution in [2.75, 3.05) is 0 Å². The lowest BCUT2D eigenvalue weighted by molar-refractivity contribution is 0.607. The smallest absolute Gasteiger partial charge is 0.0737 e. The lowest BCUT2D eigenvalue weighted by Gasteiger charge is -2.00. The van der Waals surface area contributed by atoms with Crippen LogP contribution in [0, 0.1) is 0 Å². The summed E-state index contributed by atoms with van der Waals surface area (Å²) in [6.45, 7) is 4.57. The van der Waals surface area contributed by atoms with Crippen molar-refractivity contribution >= 4 is 54.5 Å². The number of aryl methyl sites for hydroxylation is 2. The summed E-state index contributed by atoms with van der Waals surface area (Å²) in [4.78, 5) is 2.85. The standard InChI is InChI=1S/C24H36Br2S2/c1-3-5-7-9-11-13-15-19-17-21(27-23(19)25)22-18-20(24(26)28-22)16-14-12-10-8-6-4-2/h17-18H,3-16H2,1-2H3. The fourth-order valence-electron chi connectivity index (χ4n) is 3.59. The molecular weight excluding hydrogens is 512 g/mol. The van der Waals surface area contributed by atoms with E-state index in [2.05, 4.69) is 57.8 Å². The molecule has 0 spiro atoms. The van der Waals surface area contributed by atoms with Gasteiger partial charge in [-0.15, -0.1) is 22.7 Å². The largest absolute Gasteiger partial charge is 0.127 e. The van der Waals surface area contributed by atoms with Crippen molar-refractivity contribution in [3.63, 3.8) is 0 Å². The molecule has 0 unspecified atom stereocenters. The molecule has 0 nitrogen and oxygen atoms in total. The molecule has 4 heteroatoms. The van der Waals surface area contributed by atoms with Crippen LogP contribution in [0.5, 0.6) is 0 Å². The van der Waals surface area contributed by atoms with E-state index in [0.29, 0.717) is 0 Å². The number of rotatable bonds is 15. The van der Waals surface area contributed by atoms with Gasteiger partial charge in [-0.05, 0) is 80.8 Å². The van der Waals surface area contributed by atoms with E-state index < -0.39 is 0 Å². The Morgan fingerprint density at radius 2 is 0.929 bits per heavy atom. The minimum atomic E-state index is 1.21. The predicted molar refractivity (Wildman–Crippen MR) is 137 cm³/mol. The van der Waals surface area contributed by atoms with E-state index in [1.54, 1.807) is 0 Å². The zero-order valence-electron chi connectivity index (χ0n) is 17.6. The first-order chi connectivity index (χ1) is 13.7. The van der Waals surface area contributed by atoms with Crippen LogP contribution in [0.15, 0.2) is 19.7 Å². The monoisotopic (exact) mass is 546 g/mol. The number of hydrogen-bond donors (Lipinski definition) is 0. The zero-order valence-corrected chi connectivity index (χ0v) is 22.4. The number of halogens is 2. The summed E-state index contributed by atoms with van der Waals surface area (Å²) in [5.74, 6) is 0. The number of unbranched alkanes of at least 4 members (excludes halogenated alkanes) is 10. The maximum Gasteiger partial charge on any atom is 0.0737 e. The molecule has 0 amide bonds. The molecule has 2 aromatic heterocycles. The minimum absolute atomic E-state index is 1.21. The maximum absolute atomic E-state index is 3.82. The molecule has 28 heavy (non-hydrogen) atoms. The van der Waals surface area contributed by atoms with Crippen molar-refractivity contribution in [1.82, 2.24) is 0 Å². The first kappa shape index (κ1) is 24.6. The molecule has 0 aromatic carbocycles. The Bertz CT molecular complexity index is 614. The highest BCUT2D eigenvalue weighted by atomic mass is 79.9. The van der Waals surface area contributed by atoms with Crippen molar-refractivity contribution in [2.24, 2.45) is 0 Å². The van der Waals surface area contributed by atoms with Crippen LogP contribution in [0.2, 0.25) is 0 Å². The summed E-state index contributed by atoms with van der Waals surface area (Å²) >= 11 is 11.4. The Kier molecular flexibility index (Phi) is 12.6. The third kappa shape index (κ3) is 8.62. The summed E-state index contributed by atoms with van der Waals surface area (Å²) in [5, 5.41) is 0. The lowest BCUT2D eigenvalue weighted by Crippen LogP contribution is -1.85. The van der Waals surface area contributed by atoms with Crippen LogP contribution >= 0.6 is 54.5 Å². The summed E-state index contributed by atoms with van der Waals surface area (Å²) in [6.07, 6.45) is 18.8. The van der Waals surface area contributed by atoms with Crippen LogP contribution < -0.4 is 0 Å². The normalized spacial score (nSPS) is 11.4. The third-order valence-electron chi connectivity index (χ3n) is 5.36. The number of thiophene rings is 2. The van der Waals surface area contributed by atoms with E-state index in [1.807, 2.05) is 22.7 Å². The van der Waals surface area contributed by atoms with Gasteiger partial charge in [-0.2, -0.15) is 0 Å². The zero-order chi connectivity index (χ0) is 20.2. The summed E-state index contributed by atoms with van der Waals surface area (Å²) < 4.78 is 2.66. The fraction of sp³-hybridized carbons (Fsp3) is 0.667.